The summed E-state index contributed by atoms with van der Waals surface area (Å²) >= 11 is 0. The molecule has 0 rings (SSSR count). The smallest absolute Gasteiger partial charge is 0.0321 e. The molecule has 0 N–H and O–H groups in total. The highest BCUT2D eigenvalue weighted by Gasteiger charge is 1.94. The Morgan fingerprint density at radius 1 is 0.857 bits per heavy atom. The van der Waals surface area contributed by atoms with Gasteiger partial charge in [0.25, 0.3) is 0 Å². The van der Waals surface area contributed by atoms with Gasteiger partial charge in [-0.2, -0.15) is 0 Å². The topological polar surface area (TPSA) is 0 Å². The second-order valence-corrected chi connectivity index (χ2v) is 4.17. The molecule has 0 fully saturated rings. The van der Waals surface area contributed by atoms with Gasteiger partial charge in [-0.15, -0.1) is 0 Å². The zero-order chi connectivity index (χ0) is 10.6. The Labute approximate surface area is 90.8 Å². The highest BCUT2D eigenvalue weighted by atomic mass is 14.0. The lowest BCUT2D eigenvalue weighted by molar-refractivity contribution is 0.586. The van der Waals surface area contributed by atoms with Crippen molar-refractivity contribution in [3.05, 3.63) is 11.6 Å². The largest absolute Gasteiger partial charge is 0.0885 e. The van der Waals surface area contributed by atoms with E-state index in [4.69, 9.17) is 0 Å². The van der Waals surface area contributed by atoms with E-state index >= 15 is 0 Å². The highest BCUT2D eigenvalue weighted by Crippen LogP contribution is 2.14. The molecule has 0 saturated carbocycles. The van der Waals surface area contributed by atoms with Crippen LogP contribution in [-0.2, 0) is 0 Å². The van der Waals surface area contributed by atoms with Crippen LogP contribution >= 0.6 is 0 Å². The third kappa shape index (κ3) is 8.34. The summed E-state index contributed by atoms with van der Waals surface area (Å²) in [5.41, 5.74) is 1.64. The maximum absolute atomic E-state index is 2.29. The summed E-state index contributed by atoms with van der Waals surface area (Å²) in [6.07, 6.45) is 14.8. The van der Waals surface area contributed by atoms with E-state index < -0.39 is 0 Å². The van der Waals surface area contributed by atoms with Crippen molar-refractivity contribution in [2.75, 3.05) is 0 Å². The van der Waals surface area contributed by atoms with E-state index in [-0.39, 0.29) is 0 Å². The minimum atomic E-state index is 1.24. The summed E-state index contributed by atoms with van der Waals surface area (Å²) in [5.74, 6) is 0. The quantitative estimate of drug-likeness (QED) is 0.338. The van der Waals surface area contributed by atoms with Gasteiger partial charge >= 0.3 is 0 Å². The molecular formula is C14H28. The summed E-state index contributed by atoms with van der Waals surface area (Å²) in [6, 6.07) is 0. The van der Waals surface area contributed by atoms with Crippen molar-refractivity contribution in [1.82, 2.24) is 0 Å². The van der Waals surface area contributed by atoms with Crippen LogP contribution < -0.4 is 0 Å². The fourth-order valence-electron chi connectivity index (χ4n) is 1.83. The average molecular weight is 196 g/mol. The van der Waals surface area contributed by atoms with Crippen LogP contribution in [0.15, 0.2) is 11.6 Å². The molecule has 0 heteroatoms. The van der Waals surface area contributed by atoms with E-state index in [1.54, 1.807) is 5.57 Å². The van der Waals surface area contributed by atoms with Gasteiger partial charge in [0.15, 0.2) is 0 Å². The first-order valence-corrected chi connectivity index (χ1v) is 6.49. The molecule has 0 amide bonds. The molecule has 84 valence electrons. The molecule has 0 aliphatic carbocycles. The van der Waals surface area contributed by atoms with Crippen molar-refractivity contribution in [1.29, 1.82) is 0 Å². The maximum Gasteiger partial charge on any atom is -0.0321 e. The second kappa shape index (κ2) is 10.8. The number of allylic oxidation sites excluding steroid dienone is 2. The van der Waals surface area contributed by atoms with Crippen molar-refractivity contribution in [2.24, 2.45) is 0 Å². The lowest BCUT2D eigenvalue weighted by Crippen LogP contribution is -1.83. The Morgan fingerprint density at radius 3 is 1.93 bits per heavy atom. The lowest BCUT2D eigenvalue weighted by atomic mass is 10.0. The first-order chi connectivity index (χ1) is 6.85. The maximum atomic E-state index is 2.29. The van der Waals surface area contributed by atoms with E-state index in [1.165, 1.54) is 57.8 Å². The number of hydrogen-bond acceptors (Lipinski definition) is 0. The van der Waals surface area contributed by atoms with Crippen molar-refractivity contribution in [3.8, 4) is 0 Å². The Balaban J connectivity index is 3.13. The van der Waals surface area contributed by atoms with Gasteiger partial charge in [0.2, 0.25) is 0 Å². The molecule has 0 aromatic rings. The first kappa shape index (κ1) is 13.7. The SMILES string of the molecule is C/C=C(/CC)CCCCCCCCC. The molecule has 0 aliphatic rings. The van der Waals surface area contributed by atoms with Gasteiger partial charge < -0.3 is 0 Å². The van der Waals surface area contributed by atoms with Gasteiger partial charge in [-0.3, -0.25) is 0 Å². The monoisotopic (exact) mass is 196 g/mol. The number of rotatable bonds is 9. The van der Waals surface area contributed by atoms with Gasteiger partial charge in [-0.05, 0) is 26.2 Å². The highest BCUT2D eigenvalue weighted by molar-refractivity contribution is 4.98. The molecule has 0 aromatic heterocycles. The van der Waals surface area contributed by atoms with E-state index in [0.717, 1.165) is 0 Å². The first-order valence-electron chi connectivity index (χ1n) is 6.49. The summed E-state index contributed by atoms with van der Waals surface area (Å²) in [6.45, 7) is 6.70. The zero-order valence-corrected chi connectivity index (χ0v) is 10.4. The predicted octanol–water partition coefficient (Wildman–Crippen LogP) is 5.48. The van der Waals surface area contributed by atoms with Gasteiger partial charge in [0.1, 0.15) is 0 Å². The summed E-state index contributed by atoms with van der Waals surface area (Å²) in [4.78, 5) is 0. The molecule has 0 spiro atoms. The average Bonchev–Trinajstić information content (AvgIpc) is 2.22. The number of hydrogen-bond donors (Lipinski definition) is 0. The minimum Gasteiger partial charge on any atom is -0.0885 e. The van der Waals surface area contributed by atoms with Crippen LogP contribution in [0, 0.1) is 0 Å². The van der Waals surface area contributed by atoms with Gasteiger partial charge in [-0.1, -0.05) is 64.0 Å². The van der Waals surface area contributed by atoms with Gasteiger partial charge in [0.05, 0.1) is 0 Å². The normalized spacial score (nSPS) is 12.1. The van der Waals surface area contributed by atoms with Crippen LogP contribution in [0.2, 0.25) is 0 Å². The van der Waals surface area contributed by atoms with Crippen molar-refractivity contribution in [3.63, 3.8) is 0 Å². The van der Waals surface area contributed by atoms with Crippen LogP contribution in [0.1, 0.15) is 78.6 Å². The fourth-order valence-corrected chi connectivity index (χ4v) is 1.83. The Hall–Kier alpha value is -0.260. The fraction of sp³-hybridized carbons (Fsp3) is 0.857. The Kier molecular flexibility index (Phi) is 10.6. The van der Waals surface area contributed by atoms with E-state index in [9.17, 15) is 0 Å². The third-order valence-corrected chi connectivity index (χ3v) is 2.96. The van der Waals surface area contributed by atoms with E-state index in [2.05, 4.69) is 26.8 Å². The molecule has 14 heavy (non-hydrogen) atoms. The molecule has 0 aromatic carbocycles. The van der Waals surface area contributed by atoms with Crippen LogP contribution in [0.5, 0.6) is 0 Å². The molecule has 0 nitrogen and oxygen atoms in total. The van der Waals surface area contributed by atoms with Crippen LogP contribution in [0.4, 0.5) is 0 Å². The van der Waals surface area contributed by atoms with Gasteiger partial charge in [0, 0.05) is 0 Å². The van der Waals surface area contributed by atoms with Crippen molar-refractivity contribution < 1.29 is 0 Å². The Bertz CT molecular complexity index is 133. The molecule has 0 unspecified atom stereocenters. The van der Waals surface area contributed by atoms with Crippen molar-refractivity contribution >= 4 is 0 Å². The molecule has 0 atom stereocenters. The van der Waals surface area contributed by atoms with Crippen LogP contribution in [-0.4, -0.2) is 0 Å². The third-order valence-electron chi connectivity index (χ3n) is 2.96. The van der Waals surface area contributed by atoms with E-state index in [1.807, 2.05) is 0 Å². The zero-order valence-electron chi connectivity index (χ0n) is 10.4. The standard InChI is InChI=1S/C14H28/c1-4-7-8-9-10-11-12-13-14(5-2)6-3/h5H,4,6-13H2,1-3H3/b14-5-. The van der Waals surface area contributed by atoms with Gasteiger partial charge in [-0.25, -0.2) is 0 Å². The summed E-state index contributed by atoms with van der Waals surface area (Å²) < 4.78 is 0. The molecule has 0 radical (unpaired) electrons. The lowest BCUT2D eigenvalue weighted by Gasteiger charge is -2.03. The summed E-state index contributed by atoms with van der Waals surface area (Å²) in [7, 11) is 0. The molecular weight excluding hydrogens is 168 g/mol. The van der Waals surface area contributed by atoms with E-state index in [0.29, 0.717) is 0 Å². The number of unbranched alkanes of at least 4 members (excludes halogenated alkanes) is 6. The molecule has 0 bridgehead atoms. The predicted molar refractivity (Wildman–Crippen MR) is 66.7 cm³/mol. The van der Waals surface area contributed by atoms with Crippen LogP contribution in [0.3, 0.4) is 0 Å². The molecule has 0 heterocycles. The molecule has 0 saturated heterocycles. The summed E-state index contributed by atoms with van der Waals surface area (Å²) in [5, 5.41) is 0. The minimum absolute atomic E-state index is 1.24. The van der Waals surface area contributed by atoms with Crippen molar-refractivity contribution in [2.45, 2.75) is 78.6 Å². The molecule has 0 aliphatic heterocycles. The Morgan fingerprint density at radius 2 is 1.43 bits per heavy atom. The van der Waals surface area contributed by atoms with Crippen LogP contribution in [0.25, 0.3) is 0 Å². The second-order valence-electron chi connectivity index (χ2n) is 4.17.